The number of thioether (sulfide) groups is 1. The summed E-state index contributed by atoms with van der Waals surface area (Å²) < 4.78 is 0. The van der Waals surface area contributed by atoms with Gasteiger partial charge in [-0.1, -0.05) is 19.8 Å². The van der Waals surface area contributed by atoms with Gasteiger partial charge in [-0.05, 0) is 12.8 Å². The van der Waals surface area contributed by atoms with Gasteiger partial charge in [-0.2, -0.15) is 11.8 Å². The Bertz CT molecular complexity index is 226. The number of nitrogens with zero attached hydrogens (tertiary/aromatic N) is 1. The highest BCUT2D eigenvalue weighted by atomic mass is 32.2. The SMILES string of the molecule is CC1CN(CC2(C=O)CCCC2)CCS1. The summed E-state index contributed by atoms with van der Waals surface area (Å²) in [6.45, 7) is 5.64. The van der Waals surface area contributed by atoms with Crippen molar-refractivity contribution in [1.82, 2.24) is 4.90 Å². The van der Waals surface area contributed by atoms with Crippen molar-refractivity contribution < 1.29 is 4.79 Å². The fourth-order valence-corrected chi connectivity index (χ4v) is 3.95. The minimum Gasteiger partial charge on any atom is -0.303 e. The lowest BCUT2D eigenvalue weighted by Gasteiger charge is -2.35. The molecule has 1 atom stereocenters. The van der Waals surface area contributed by atoms with Gasteiger partial charge in [0.05, 0.1) is 0 Å². The number of carbonyl (C=O) groups is 1. The van der Waals surface area contributed by atoms with Gasteiger partial charge in [0.15, 0.2) is 0 Å². The Kier molecular flexibility index (Phi) is 3.73. The Morgan fingerprint density at radius 2 is 2.20 bits per heavy atom. The Balaban J connectivity index is 1.91. The van der Waals surface area contributed by atoms with Crippen LogP contribution in [0.2, 0.25) is 0 Å². The molecule has 1 saturated heterocycles. The lowest BCUT2D eigenvalue weighted by atomic mass is 9.87. The summed E-state index contributed by atoms with van der Waals surface area (Å²) in [5.74, 6) is 1.23. The van der Waals surface area contributed by atoms with Crippen molar-refractivity contribution in [2.24, 2.45) is 5.41 Å². The summed E-state index contributed by atoms with van der Waals surface area (Å²) in [6, 6.07) is 0. The molecule has 0 N–H and O–H groups in total. The number of carbonyl (C=O) groups excluding carboxylic acids is 1. The van der Waals surface area contributed by atoms with Crippen LogP contribution in [-0.4, -0.2) is 41.8 Å². The standard InChI is InChI=1S/C12H21NOS/c1-11-8-13(6-7-15-11)9-12(10-14)4-2-3-5-12/h10-11H,2-9H2,1H3. The molecule has 1 heterocycles. The Labute approximate surface area is 96.8 Å². The number of rotatable bonds is 3. The third-order valence-electron chi connectivity index (χ3n) is 3.71. The maximum atomic E-state index is 11.3. The van der Waals surface area contributed by atoms with Crippen molar-refractivity contribution in [2.75, 3.05) is 25.4 Å². The Morgan fingerprint density at radius 1 is 1.47 bits per heavy atom. The molecule has 15 heavy (non-hydrogen) atoms. The van der Waals surface area contributed by atoms with Crippen molar-refractivity contribution in [3.8, 4) is 0 Å². The monoisotopic (exact) mass is 227 g/mol. The van der Waals surface area contributed by atoms with E-state index in [-0.39, 0.29) is 5.41 Å². The van der Waals surface area contributed by atoms with E-state index < -0.39 is 0 Å². The summed E-state index contributed by atoms with van der Waals surface area (Å²) >= 11 is 2.06. The lowest BCUT2D eigenvalue weighted by Crippen LogP contribution is -2.43. The van der Waals surface area contributed by atoms with Crippen LogP contribution in [0, 0.1) is 5.41 Å². The van der Waals surface area contributed by atoms with Gasteiger partial charge in [-0.3, -0.25) is 0 Å². The van der Waals surface area contributed by atoms with Crippen molar-refractivity contribution in [2.45, 2.75) is 37.9 Å². The molecule has 1 aliphatic carbocycles. The average molecular weight is 227 g/mol. The van der Waals surface area contributed by atoms with Crippen LogP contribution in [0.1, 0.15) is 32.6 Å². The van der Waals surface area contributed by atoms with Gasteiger partial charge in [-0.15, -0.1) is 0 Å². The van der Waals surface area contributed by atoms with Crippen LogP contribution in [0.15, 0.2) is 0 Å². The van der Waals surface area contributed by atoms with E-state index in [1.165, 1.54) is 38.0 Å². The minimum atomic E-state index is 0.0156. The van der Waals surface area contributed by atoms with Crippen molar-refractivity contribution in [3.05, 3.63) is 0 Å². The molecule has 0 bridgehead atoms. The molecule has 0 spiro atoms. The van der Waals surface area contributed by atoms with Gasteiger partial charge in [0, 0.05) is 36.1 Å². The van der Waals surface area contributed by atoms with Gasteiger partial charge in [0.1, 0.15) is 6.29 Å². The van der Waals surface area contributed by atoms with E-state index in [4.69, 9.17) is 0 Å². The predicted octanol–water partition coefficient (Wildman–Crippen LogP) is 2.18. The van der Waals surface area contributed by atoms with E-state index in [9.17, 15) is 4.79 Å². The molecule has 2 nitrogen and oxygen atoms in total. The second-order valence-electron chi connectivity index (χ2n) is 5.10. The van der Waals surface area contributed by atoms with E-state index in [0.717, 1.165) is 24.6 Å². The molecular formula is C12H21NOS. The normalized spacial score (nSPS) is 31.7. The van der Waals surface area contributed by atoms with E-state index in [2.05, 4.69) is 23.6 Å². The van der Waals surface area contributed by atoms with Crippen LogP contribution in [0.5, 0.6) is 0 Å². The van der Waals surface area contributed by atoms with Crippen LogP contribution in [0.25, 0.3) is 0 Å². The topological polar surface area (TPSA) is 20.3 Å². The largest absolute Gasteiger partial charge is 0.303 e. The summed E-state index contributed by atoms with van der Waals surface area (Å²) in [5.41, 5.74) is 0.0156. The third-order valence-corrected chi connectivity index (χ3v) is 4.85. The van der Waals surface area contributed by atoms with Crippen molar-refractivity contribution in [3.63, 3.8) is 0 Å². The molecule has 0 amide bonds. The van der Waals surface area contributed by atoms with Crippen molar-refractivity contribution >= 4 is 18.0 Å². The lowest BCUT2D eigenvalue weighted by molar-refractivity contribution is -0.117. The number of hydrogen-bond donors (Lipinski definition) is 0. The van der Waals surface area contributed by atoms with E-state index in [0.29, 0.717) is 0 Å². The Hall–Kier alpha value is -0.0200. The van der Waals surface area contributed by atoms with Crippen molar-refractivity contribution in [1.29, 1.82) is 0 Å². The zero-order chi connectivity index (χ0) is 10.7. The van der Waals surface area contributed by atoms with Crippen LogP contribution in [0.4, 0.5) is 0 Å². The van der Waals surface area contributed by atoms with E-state index in [1.807, 2.05) is 0 Å². The first-order valence-electron chi connectivity index (χ1n) is 6.04. The zero-order valence-corrected chi connectivity index (χ0v) is 10.4. The Morgan fingerprint density at radius 3 is 2.80 bits per heavy atom. The first-order chi connectivity index (χ1) is 7.24. The van der Waals surface area contributed by atoms with Gasteiger partial charge >= 0.3 is 0 Å². The van der Waals surface area contributed by atoms with Crippen LogP contribution >= 0.6 is 11.8 Å². The second-order valence-corrected chi connectivity index (χ2v) is 6.65. The van der Waals surface area contributed by atoms with Gasteiger partial charge in [0.25, 0.3) is 0 Å². The first-order valence-corrected chi connectivity index (χ1v) is 7.09. The molecular weight excluding hydrogens is 206 g/mol. The number of hydrogen-bond acceptors (Lipinski definition) is 3. The van der Waals surface area contributed by atoms with Crippen LogP contribution in [-0.2, 0) is 4.79 Å². The first kappa shape index (κ1) is 11.5. The maximum Gasteiger partial charge on any atom is 0.127 e. The average Bonchev–Trinajstić information content (AvgIpc) is 2.67. The molecule has 0 aromatic carbocycles. The molecule has 1 unspecified atom stereocenters. The highest BCUT2D eigenvalue weighted by molar-refractivity contribution is 7.99. The molecule has 1 aliphatic heterocycles. The second kappa shape index (κ2) is 4.88. The van der Waals surface area contributed by atoms with Crippen LogP contribution < -0.4 is 0 Å². The van der Waals surface area contributed by atoms with Gasteiger partial charge in [-0.25, -0.2) is 0 Å². The molecule has 2 rings (SSSR count). The molecule has 0 radical (unpaired) electrons. The minimum absolute atomic E-state index is 0.0156. The highest BCUT2D eigenvalue weighted by Gasteiger charge is 2.36. The fraction of sp³-hybridized carbons (Fsp3) is 0.917. The van der Waals surface area contributed by atoms with Crippen LogP contribution in [0.3, 0.4) is 0 Å². The fourth-order valence-electron chi connectivity index (χ4n) is 2.87. The van der Waals surface area contributed by atoms with Gasteiger partial charge < -0.3 is 9.69 Å². The molecule has 2 fully saturated rings. The van der Waals surface area contributed by atoms with E-state index in [1.54, 1.807) is 0 Å². The molecule has 3 heteroatoms. The summed E-state index contributed by atoms with van der Waals surface area (Å²) in [4.78, 5) is 13.8. The molecule has 2 aliphatic rings. The maximum absolute atomic E-state index is 11.3. The highest BCUT2D eigenvalue weighted by Crippen LogP contribution is 2.37. The summed E-state index contributed by atoms with van der Waals surface area (Å²) in [7, 11) is 0. The molecule has 0 aromatic heterocycles. The molecule has 86 valence electrons. The predicted molar refractivity (Wildman–Crippen MR) is 65.3 cm³/mol. The van der Waals surface area contributed by atoms with E-state index >= 15 is 0 Å². The number of aldehydes is 1. The molecule has 0 aromatic rings. The summed E-state index contributed by atoms with van der Waals surface area (Å²) in [6.07, 6.45) is 5.98. The quantitative estimate of drug-likeness (QED) is 0.689. The molecule has 1 saturated carbocycles. The summed E-state index contributed by atoms with van der Waals surface area (Å²) in [5, 5.41) is 0.740. The van der Waals surface area contributed by atoms with Gasteiger partial charge in [0.2, 0.25) is 0 Å². The smallest absolute Gasteiger partial charge is 0.127 e. The third kappa shape index (κ3) is 2.76. The zero-order valence-electron chi connectivity index (χ0n) is 9.58.